The highest BCUT2D eigenvalue weighted by Crippen LogP contribution is 2.26. The Labute approximate surface area is 130 Å². The smallest absolute Gasteiger partial charge is 0.260 e. The maximum absolute atomic E-state index is 12.0. The summed E-state index contributed by atoms with van der Waals surface area (Å²) in [5, 5.41) is 2.86. The molecule has 2 aromatic rings. The number of rotatable bonds is 8. The van der Waals surface area contributed by atoms with Gasteiger partial charge in [-0.05, 0) is 25.5 Å². The van der Waals surface area contributed by atoms with E-state index in [1.807, 2.05) is 22.9 Å². The number of nitrogens with one attached hydrogen (secondary N) is 1. The van der Waals surface area contributed by atoms with Crippen LogP contribution in [0.2, 0.25) is 0 Å². The SMILES string of the molecule is COc1ccccc1O[C@@H](C)C(=O)NCCCn1ccnc1. The number of hydrogen-bond donors (Lipinski definition) is 1. The van der Waals surface area contributed by atoms with Gasteiger partial charge >= 0.3 is 0 Å². The van der Waals surface area contributed by atoms with E-state index < -0.39 is 6.10 Å². The van der Waals surface area contributed by atoms with Gasteiger partial charge in [0.1, 0.15) is 0 Å². The van der Waals surface area contributed by atoms with E-state index >= 15 is 0 Å². The first-order valence-electron chi connectivity index (χ1n) is 7.24. The standard InChI is InChI=1S/C16H21N3O3/c1-13(22-15-7-4-3-6-14(15)21-2)16(20)18-8-5-10-19-11-9-17-12-19/h3-4,6-7,9,11-13H,5,8,10H2,1-2H3,(H,18,20)/t13-/m0/s1. The van der Waals surface area contributed by atoms with Crippen molar-refractivity contribution in [1.82, 2.24) is 14.9 Å². The fraction of sp³-hybridized carbons (Fsp3) is 0.375. The van der Waals surface area contributed by atoms with Crippen LogP contribution in [-0.4, -0.2) is 35.2 Å². The zero-order chi connectivity index (χ0) is 15.8. The van der Waals surface area contributed by atoms with E-state index in [-0.39, 0.29) is 5.91 Å². The largest absolute Gasteiger partial charge is 0.493 e. The highest BCUT2D eigenvalue weighted by atomic mass is 16.5. The fourth-order valence-corrected chi connectivity index (χ4v) is 2.00. The Hall–Kier alpha value is -2.50. The Kier molecular flexibility index (Phi) is 5.82. The minimum absolute atomic E-state index is 0.142. The quantitative estimate of drug-likeness (QED) is 0.756. The Morgan fingerprint density at radius 3 is 2.82 bits per heavy atom. The zero-order valence-electron chi connectivity index (χ0n) is 12.9. The van der Waals surface area contributed by atoms with Crippen molar-refractivity contribution in [2.75, 3.05) is 13.7 Å². The van der Waals surface area contributed by atoms with Gasteiger partial charge in [0.05, 0.1) is 13.4 Å². The van der Waals surface area contributed by atoms with E-state index in [0.717, 1.165) is 13.0 Å². The van der Waals surface area contributed by atoms with Crippen LogP contribution in [0.25, 0.3) is 0 Å². The Morgan fingerprint density at radius 2 is 2.14 bits per heavy atom. The van der Waals surface area contributed by atoms with Gasteiger partial charge in [-0.3, -0.25) is 4.79 Å². The van der Waals surface area contributed by atoms with Gasteiger partial charge in [0.2, 0.25) is 0 Å². The second-order valence-electron chi connectivity index (χ2n) is 4.86. The van der Waals surface area contributed by atoms with Gasteiger partial charge in [-0.15, -0.1) is 0 Å². The molecule has 1 N–H and O–H groups in total. The van der Waals surface area contributed by atoms with Crippen molar-refractivity contribution < 1.29 is 14.3 Å². The molecule has 118 valence electrons. The molecule has 0 fully saturated rings. The van der Waals surface area contributed by atoms with Crippen LogP contribution in [-0.2, 0) is 11.3 Å². The summed E-state index contributed by atoms with van der Waals surface area (Å²) in [4.78, 5) is 16.0. The first-order valence-corrected chi connectivity index (χ1v) is 7.24. The summed E-state index contributed by atoms with van der Waals surface area (Å²) in [7, 11) is 1.57. The monoisotopic (exact) mass is 303 g/mol. The summed E-state index contributed by atoms with van der Waals surface area (Å²) in [6.45, 7) is 3.14. The zero-order valence-corrected chi connectivity index (χ0v) is 12.9. The van der Waals surface area contributed by atoms with E-state index in [2.05, 4.69) is 10.3 Å². The molecule has 0 aliphatic carbocycles. The third-order valence-corrected chi connectivity index (χ3v) is 3.19. The summed E-state index contributed by atoms with van der Waals surface area (Å²) in [6, 6.07) is 7.27. The van der Waals surface area contributed by atoms with Gasteiger partial charge in [0, 0.05) is 25.5 Å². The maximum atomic E-state index is 12.0. The minimum Gasteiger partial charge on any atom is -0.493 e. The lowest BCUT2D eigenvalue weighted by atomic mass is 10.3. The lowest BCUT2D eigenvalue weighted by molar-refractivity contribution is -0.127. The summed E-state index contributed by atoms with van der Waals surface area (Å²) in [5.74, 6) is 1.03. The number of carbonyl (C=O) groups excluding carboxylic acids is 1. The summed E-state index contributed by atoms with van der Waals surface area (Å²) >= 11 is 0. The Bertz CT molecular complexity index is 584. The number of nitrogens with zero attached hydrogens (tertiary/aromatic N) is 2. The molecule has 1 atom stereocenters. The molecule has 6 heteroatoms. The number of imidazole rings is 1. The molecular weight excluding hydrogens is 282 g/mol. The molecule has 1 heterocycles. The van der Waals surface area contributed by atoms with Crippen LogP contribution >= 0.6 is 0 Å². The molecule has 0 spiro atoms. The second-order valence-corrected chi connectivity index (χ2v) is 4.86. The number of methoxy groups -OCH3 is 1. The van der Waals surface area contributed by atoms with Crippen LogP contribution in [0.4, 0.5) is 0 Å². The molecule has 0 bridgehead atoms. The van der Waals surface area contributed by atoms with Crippen LogP contribution in [0.5, 0.6) is 11.5 Å². The first-order chi connectivity index (χ1) is 10.7. The predicted molar refractivity (Wildman–Crippen MR) is 82.9 cm³/mol. The van der Waals surface area contributed by atoms with Crippen molar-refractivity contribution in [2.24, 2.45) is 0 Å². The van der Waals surface area contributed by atoms with Gasteiger partial charge < -0.3 is 19.4 Å². The summed E-state index contributed by atoms with van der Waals surface area (Å²) < 4.78 is 12.8. The molecule has 22 heavy (non-hydrogen) atoms. The third-order valence-electron chi connectivity index (χ3n) is 3.19. The highest BCUT2D eigenvalue weighted by Gasteiger charge is 2.15. The molecule has 0 unspecified atom stereocenters. The lowest BCUT2D eigenvalue weighted by Gasteiger charge is -2.16. The molecular formula is C16H21N3O3. The molecule has 1 aromatic heterocycles. The topological polar surface area (TPSA) is 65.4 Å². The van der Waals surface area contributed by atoms with Crippen molar-refractivity contribution in [3.8, 4) is 11.5 Å². The number of aromatic nitrogens is 2. The molecule has 1 amide bonds. The molecule has 0 radical (unpaired) electrons. The molecule has 2 rings (SSSR count). The number of benzene rings is 1. The van der Waals surface area contributed by atoms with Crippen LogP contribution in [0.15, 0.2) is 43.0 Å². The first kappa shape index (κ1) is 15.9. The van der Waals surface area contributed by atoms with Gasteiger partial charge in [-0.25, -0.2) is 4.98 Å². The number of aryl methyl sites for hydroxylation is 1. The minimum atomic E-state index is -0.579. The molecule has 0 aliphatic heterocycles. The van der Waals surface area contributed by atoms with Gasteiger partial charge in [-0.1, -0.05) is 12.1 Å². The Balaban J connectivity index is 1.74. The Morgan fingerprint density at radius 1 is 1.36 bits per heavy atom. The third kappa shape index (κ3) is 4.51. The van der Waals surface area contributed by atoms with Crippen molar-refractivity contribution in [2.45, 2.75) is 26.0 Å². The van der Waals surface area contributed by atoms with E-state index in [1.54, 1.807) is 38.7 Å². The van der Waals surface area contributed by atoms with Crippen molar-refractivity contribution >= 4 is 5.91 Å². The number of carbonyl (C=O) groups is 1. The van der Waals surface area contributed by atoms with E-state index in [4.69, 9.17) is 9.47 Å². The number of amides is 1. The van der Waals surface area contributed by atoms with E-state index in [0.29, 0.717) is 18.0 Å². The number of ether oxygens (including phenoxy) is 2. The lowest BCUT2D eigenvalue weighted by Crippen LogP contribution is -2.37. The van der Waals surface area contributed by atoms with Gasteiger partial charge in [0.15, 0.2) is 17.6 Å². The normalized spacial score (nSPS) is 11.7. The average Bonchev–Trinajstić information content (AvgIpc) is 3.05. The average molecular weight is 303 g/mol. The van der Waals surface area contributed by atoms with Crippen LogP contribution in [0.1, 0.15) is 13.3 Å². The fourth-order valence-electron chi connectivity index (χ4n) is 2.00. The second kappa shape index (κ2) is 8.07. The van der Waals surface area contributed by atoms with Crippen molar-refractivity contribution in [3.63, 3.8) is 0 Å². The summed E-state index contributed by atoms with van der Waals surface area (Å²) in [5.41, 5.74) is 0. The molecule has 0 saturated heterocycles. The van der Waals surface area contributed by atoms with Crippen LogP contribution in [0.3, 0.4) is 0 Å². The predicted octanol–water partition coefficient (Wildman–Crippen LogP) is 1.87. The molecule has 6 nitrogen and oxygen atoms in total. The van der Waals surface area contributed by atoms with Crippen molar-refractivity contribution in [1.29, 1.82) is 0 Å². The van der Waals surface area contributed by atoms with E-state index in [1.165, 1.54) is 0 Å². The summed E-state index contributed by atoms with van der Waals surface area (Å²) in [6.07, 6.45) is 5.65. The molecule has 0 aliphatic rings. The van der Waals surface area contributed by atoms with Gasteiger partial charge in [-0.2, -0.15) is 0 Å². The molecule has 0 saturated carbocycles. The van der Waals surface area contributed by atoms with E-state index in [9.17, 15) is 4.79 Å². The van der Waals surface area contributed by atoms with Crippen LogP contribution < -0.4 is 14.8 Å². The van der Waals surface area contributed by atoms with Gasteiger partial charge in [0.25, 0.3) is 5.91 Å². The number of para-hydroxylation sites is 2. The van der Waals surface area contributed by atoms with Crippen molar-refractivity contribution in [3.05, 3.63) is 43.0 Å². The highest BCUT2D eigenvalue weighted by molar-refractivity contribution is 5.80. The number of hydrogen-bond acceptors (Lipinski definition) is 4. The molecule has 1 aromatic carbocycles. The van der Waals surface area contributed by atoms with Crippen LogP contribution in [0, 0.1) is 0 Å². The maximum Gasteiger partial charge on any atom is 0.260 e.